The van der Waals surface area contributed by atoms with Gasteiger partial charge in [0, 0.05) is 6.61 Å². The summed E-state index contributed by atoms with van der Waals surface area (Å²) in [5.74, 6) is 0.124. The van der Waals surface area contributed by atoms with E-state index in [0.717, 1.165) is 25.8 Å². The zero-order chi connectivity index (χ0) is 14.1. The highest BCUT2D eigenvalue weighted by Crippen LogP contribution is 2.40. The van der Waals surface area contributed by atoms with Gasteiger partial charge in [-0.1, -0.05) is 6.92 Å². The van der Waals surface area contributed by atoms with Crippen LogP contribution in [-0.2, 0) is 19.0 Å². The van der Waals surface area contributed by atoms with Crippen molar-refractivity contribution in [1.29, 1.82) is 0 Å². The van der Waals surface area contributed by atoms with Gasteiger partial charge in [0.1, 0.15) is 5.54 Å². The fraction of sp³-hybridized carbons (Fsp3) is 0.929. The summed E-state index contributed by atoms with van der Waals surface area (Å²) >= 11 is 0. The minimum atomic E-state index is -0.670. The molecule has 1 aliphatic rings. The summed E-state index contributed by atoms with van der Waals surface area (Å²) in [6, 6.07) is 0. The van der Waals surface area contributed by atoms with Gasteiger partial charge >= 0.3 is 5.97 Å². The maximum Gasteiger partial charge on any atom is 0.328 e. The number of nitrogens with one attached hydrogen (secondary N) is 1. The Labute approximate surface area is 116 Å². The average Bonchev–Trinajstić information content (AvgIpc) is 3.26. The molecular formula is C14H27NO4. The van der Waals surface area contributed by atoms with Crippen molar-refractivity contribution < 1.29 is 19.0 Å². The van der Waals surface area contributed by atoms with Gasteiger partial charge < -0.3 is 14.2 Å². The molecule has 0 heterocycles. The van der Waals surface area contributed by atoms with E-state index in [1.54, 1.807) is 0 Å². The summed E-state index contributed by atoms with van der Waals surface area (Å²) < 4.78 is 15.8. The highest BCUT2D eigenvalue weighted by Gasteiger charge is 2.51. The summed E-state index contributed by atoms with van der Waals surface area (Å²) in [5.41, 5.74) is -0.670. The van der Waals surface area contributed by atoms with Crippen molar-refractivity contribution in [3.8, 4) is 0 Å². The molecule has 0 spiro atoms. The van der Waals surface area contributed by atoms with Gasteiger partial charge in [-0.3, -0.25) is 5.32 Å². The fourth-order valence-electron chi connectivity index (χ4n) is 2.21. The van der Waals surface area contributed by atoms with Crippen LogP contribution >= 0.6 is 0 Å². The Morgan fingerprint density at radius 3 is 2.47 bits per heavy atom. The SMILES string of the molecule is CCCNC(COCCOCC)(C(=O)OC)C1CC1. The van der Waals surface area contributed by atoms with Crippen LogP contribution in [0.2, 0.25) is 0 Å². The third-order valence-corrected chi connectivity index (χ3v) is 3.42. The van der Waals surface area contributed by atoms with E-state index in [9.17, 15) is 4.79 Å². The van der Waals surface area contributed by atoms with Crippen molar-refractivity contribution in [2.45, 2.75) is 38.6 Å². The molecule has 0 bridgehead atoms. The van der Waals surface area contributed by atoms with E-state index in [4.69, 9.17) is 14.2 Å². The van der Waals surface area contributed by atoms with Crippen LogP contribution in [0.15, 0.2) is 0 Å². The standard InChI is InChI=1S/C14H27NO4/c1-4-8-15-14(12-6-7-12,13(16)17-3)11-19-10-9-18-5-2/h12,15H,4-11H2,1-3H3. The number of esters is 1. The highest BCUT2D eigenvalue weighted by atomic mass is 16.5. The number of carbonyl (C=O) groups excluding carboxylic acids is 1. The molecule has 0 aromatic heterocycles. The number of hydrogen-bond acceptors (Lipinski definition) is 5. The summed E-state index contributed by atoms with van der Waals surface area (Å²) in [6.07, 6.45) is 3.09. The first kappa shape index (κ1) is 16.4. The number of carbonyl (C=O) groups is 1. The number of ether oxygens (including phenoxy) is 3. The third kappa shape index (κ3) is 4.75. The molecule has 0 aromatic rings. The summed E-state index contributed by atoms with van der Waals surface area (Å²) in [5, 5.41) is 3.35. The molecule has 1 fully saturated rings. The zero-order valence-corrected chi connectivity index (χ0v) is 12.4. The first-order chi connectivity index (χ1) is 9.21. The molecule has 0 amide bonds. The van der Waals surface area contributed by atoms with Gasteiger partial charge in [-0.15, -0.1) is 0 Å². The Kier molecular flexibility index (Phi) is 7.34. The van der Waals surface area contributed by atoms with Gasteiger partial charge in [0.05, 0.1) is 26.9 Å². The second-order valence-corrected chi connectivity index (χ2v) is 4.91. The van der Waals surface area contributed by atoms with E-state index in [0.29, 0.717) is 32.3 Å². The lowest BCUT2D eigenvalue weighted by atomic mass is 9.94. The van der Waals surface area contributed by atoms with Gasteiger partial charge in [-0.2, -0.15) is 0 Å². The normalized spacial score (nSPS) is 18.1. The minimum Gasteiger partial charge on any atom is -0.468 e. The average molecular weight is 273 g/mol. The van der Waals surface area contributed by atoms with Gasteiger partial charge in [0.2, 0.25) is 0 Å². The maximum absolute atomic E-state index is 12.1. The third-order valence-electron chi connectivity index (χ3n) is 3.42. The fourth-order valence-corrected chi connectivity index (χ4v) is 2.21. The van der Waals surface area contributed by atoms with Crippen LogP contribution < -0.4 is 5.32 Å². The molecule has 1 unspecified atom stereocenters. The summed E-state index contributed by atoms with van der Waals surface area (Å²) in [4.78, 5) is 12.1. The highest BCUT2D eigenvalue weighted by molar-refractivity contribution is 5.82. The number of rotatable bonds is 11. The molecule has 19 heavy (non-hydrogen) atoms. The Balaban J connectivity index is 2.53. The second kappa shape index (κ2) is 8.51. The molecule has 1 atom stereocenters. The molecule has 1 rings (SSSR count). The topological polar surface area (TPSA) is 56.8 Å². The Morgan fingerprint density at radius 1 is 1.26 bits per heavy atom. The predicted molar refractivity (Wildman–Crippen MR) is 73.1 cm³/mol. The van der Waals surface area contributed by atoms with Crippen molar-refractivity contribution in [1.82, 2.24) is 5.32 Å². The van der Waals surface area contributed by atoms with E-state index in [2.05, 4.69) is 12.2 Å². The van der Waals surface area contributed by atoms with Crippen LogP contribution in [0.25, 0.3) is 0 Å². The van der Waals surface area contributed by atoms with Gasteiger partial charge in [-0.25, -0.2) is 4.79 Å². The van der Waals surface area contributed by atoms with Gasteiger partial charge in [0.15, 0.2) is 0 Å². The van der Waals surface area contributed by atoms with Crippen LogP contribution in [0.3, 0.4) is 0 Å². The quantitative estimate of drug-likeness (QED) is 0.455. The van der Waals surface area contributed by atoms with E-state index in [1.807, 2.05) is 6.92 Å². The lowest BCUT2D eigenvalue weighted by Crippen LogP contribution is -2.58. The molecule has 0 radical (unpaired) electrons. The molecule has 0 aliphatic heterocycles. The Bertz CT molecular complexity index is 268. The molecule has 1 N–H and O–H groups in total. The molecule has 5 nitrogen and oxygen atoms in total. The molecule has 0 saturated heterocycles. The Morgan fingerprint density at radius 2 is 1.95 bits per heavy atom. The van der Waals surface area contributed by atoms with Crippen LogP contribution in [0.1, 0.15) is 33.1 Å². The van der Waals surface area contributed by atoms with E-state index >= 15 is 0 Å². The molecule has 112 valence electrons. The largest absolute Gasteiger partial charge is 0.468 e. The second-order valence-electron chi connectivity index (χ2n) is 4.91. The number of hydrogen-bond donors (Lipinski definition) is 1. The van der Waals surface area contributed by atoms with Gasteiger partial charge in [-0.05, 0) is 38.6 Å². The summed E-state index contributed by atoms with van der Waals surface area (Å²) in [6.45, 7) is 6.93. The van der Waals surface area contributed by atoms with E-state index in [1.165, 1.54) is 7.11 Å². The lowest BCUT2D eigenvalue weighted by Gasteiger charge is -2.32. The smallest absolute Gasteiger partial charge is 0.328 e. The van der Waals surface area contributed by atoms with Crippen molar-refractivity contribution in [3.05, 3.63) is 0 Å². The van der Waals surface area contributed by atoms with Crippen LogP contribution in [0.4, 0.5) is 0 Å². The van der Waals surface area contributed by atoms with E-state index in [-0.39, 0.29) is 5.97 Å². The van der Waals surface area contributed by atoms with Crippen molar-refractivity contribution in [3.63, 3.8) is 0 Å². The zero-order valence-electron chi connectivity index (χ0n) is 12.4. The first-order valence-corrected chi connectivity index (χ1v) is 7.20. The molecule has 5 heteroatoms. The monoisotopic (exact) mass is 273 g/mol. The lowest BCUT2D eigenvalue weighted by molar-refractivity contribution is -0.153. The van der Waals surface area contributed by atoms with E-state index < -0.39 is 5.54 Å². The predicted octanol–water partition coefficient (Wildman–Crippen LogP) is 1.36. The van der Waals surface area contributed by atoms with Crippen molar-refractivity contribution >= 4 is 5.97 Å². The van der Waals surface area contributed by atoms with Crippen molar-refractivity contribution in [2.75, 3.05) is 40.1 Å². The molecule has 1 aliphatic carbocycles. The van der Waals surface area contributed by atoms with Crippen LogP contribution in [0, 0.1) is 5.92 Å². The van der Waals surface area contributed by atoms with Crippen LogP contribution in [-0.4, -0.2) is 51.6 Å². The van der Waals surface area contributed by atoms with Gasteiger partial charge in [0.25, 0.3) is 0 Å². The Hall–Kier alpha value is -0.650. The first-order valence-electron chi connectivity index (χ1n) is 7.20. The maximum atomic E-state index is 12.1. The minimum absolute atomic E-state index is 0.208. The molecular weight excluding hydrogens is 246 g/mol. The molecule has 1 saturated carbocycles. The summed E-state index contributed by atoms with van der Waals surface area (Å²) in [7, 11) is 1.44. The van der Waals surface area contributed by atoms with Crippen molar-refractivity contribution in [2.24, 2.45) is 5.92 Å². The molecule has 0 aromatic carbocycles. The number of methoxy groups -OCH3 is 1. The van der Waals surface area contributed by atoms with Crippen LogP contribution in [0.5, 0.6) is 0 Å².